The van der Waals surface area contributed by atoms with Crippen molar-refractivity contribution in [2.75, 3.05) is 20.3 Å². The van der Waals surface area contributed by atoms with Crippen LogP contribution < -0.4 is 4.74 Å². The minimum Gasteiger partial charge on any atom is -0.497 e. The lowest BCUT2D eigenvalue weighted by molar-refractivity contribution is -0.227. The molecule has 4 heteroatoms. The summed E-state index contributed by atoms with van der Waals surface area (Å²) >= 11 is 0. The largest absolute Gasteiger partial charge is 0.497 e. The minimum atomic E-state index is -0.661. The Morgan fingerprint density at radius 2 is 2.05 bits per heavy atom. The standard InChI is InChI=1S/C16H20O4/c1-15-9-14(17)13(16(15)19-5-6-20-16)7-10-3-4-11(18-2)8-12(10)15/h3-4,8,13-14,17H,5-7,9H2,1-2H3. The second kappa shape index (κ2) is 3.97. The number of aliphatic hydroxyl groups is 1. The zero-order chi connectivity index (χ0) is 14.0. The molecule has 2 bridgehead atoms. The van der Waals surface area contributed by atoms with Crippen LogP contribution in [0.2, 0.25) is 0 Å². The third-order valence-corrected chi connectivity index (χ3v) is 5.41. The summed E-state index contributed by atoms with van der Waals surface area (Å²) in [7, 11) is 1.68. The molecule has 4 nitrogen and oxygen atoms in total. The van der Waals surface area contributed by atoms with Crippen molar-refractivity contribution in [3.8, 4) is 5.75 Å². The van der Waals surface area contributed by atoms with E-state index < -0.39 is 5.79 Å². The fraction of sp³-hybridized carbons (Fsp3) is 0.625. The third kappa shape index (κ3) is 1.32. The third-order valence-electron chi connectivity index (χ3n) is 5.41. The highest BCUT2D eigenvalue weighted by Crippen LogP contribution is 2.60. The maximum atomic E-state index is 10.5. The van der Waals surface area contributed by atoms with E-state index in [2.05, 4.69) is 19.1 Å². The van der Waals surface area contributed by atoms with Gasteiger partial charge in [-0.25, -0.2) is 0 Å². The van der Waals surface area contributed by atoms with Crippen LogP contribution in [-0.4, -0.2) is 37.3 Å². The van der Waals surface area contributed by atoms with Gasteiger partial charge in [-0.15, -0.1) is 0 Å². The van der Waals surface area contributed by atoms with E-state index in [4.69, 9.17) is 14.2 Å². The van der Waals surface area contributed by atoms with E-state index in [1.165, 1.54) is 11.1 Å². The van der Waals surface area contributed by atoms with Crippen LogP contribution in [-0.2, 0) is 21.3 Å². The van der Waals surface area contributed by atoms with Gasteiger partial charge in [-0.1, -0.05) is 13.0 Å². The molecule has 1 saturated carbocycles. The first kappa shape index (κ1) is 12.6. The van der Waals surface area contributed by atoms with Crippen LogP contribution in [0.3, 0.4) is 0 Å². The molecule has 3 aliphatic rings. The van der Waals surface area contributed by atoms with E-state index in [1.54, 1.807) is 7.11 Å². The predicted molar refractivity (Wildman–Crippen MR) is 72.8 cm³/mol. The lowest BCUT2D eigenvalue weighted by Crippen LogP contribution is -2.54. The van der Waals surface area contributed by atoms with E-state index in [-0.39, 0.29) is 17.4 Å². The first-order valence-corrected chi connectivity index (χ1v) is 7.24. The van der Waals surface area contributed by atoms with Gasteiger partial charge in [0.05, 0.1) is 26.4 Å². The summed E-state index contributed by atoms with van der Waals surface area (Å²) in [5.74, 6) is 0.208. The van der Waals surface area contributed by atoms with Gasteiger partial charge in [0, 0.05) is 11.3 Å². The number of methoxy groups -OCH3 is 1. The van der Waals surface area contributed by atoms with E-state index in [9.17, 15) is 5.11 Å². The quantitative estimate of drug-likeness (QED) is 0.847. The summed E-state index contributed by atoms with van der Waals surface area (Å²) in [5.41, 5.74) is 2.17. The molecular weight excluding hydrogens is 256 g/mol. The molecule has 1 aromatic carbocycles. The van der Waals surface area contributed by atoms with Crippen LogP contribution in [0.1, 0.15) is 24.5 Å². The Morgan fingerprint density at radius 3 is 2.75 bits per heavy atom. The van der Waals surface area contributed by atoms with Gasteiger partial charge in [0.1, 0.15) is 5.75 Å². The van der Waals surface area contributed by atoms with Gasteiger partial charge >= 0.3 is 0 Å². The second-order valence-corrected chi connectivity index (χ2v) is 6.30. The zero-order valence-electron chi connectivity index (χ0n) is 11.9. The van der Waals surface area contributed by atoms with Gasteiger partial charge in [-0.2, -0.15) is 0 Å². The molecule has 1 heterocycles. The molecule has 0 radical (unpaired) electrons. The summed E-state index contributed by atoms with van der Waals surface area (Å²) < 4.78 is 17.5. The Kier molecular flexibility index (Phi) is 2.50. The number of hydrogen-bond acceptors (Lipinski definition) is 4. The molecule has 108 valence electrons. The summed E-state index contributed by atoms with van der Waals surface area (Å²) in [6.07, 6.45) is 1.10. The number of fused-ring (bicyclic) bond motifs is 2. The molecule has 1 aliphatic heterocycles. The molecule has 2 fully saturated rings. The van der Waals surface area contributed by atoms with Crippen LogP contribution >= 0.6 is 0 Å². The molecule has 1 N–H and O–H groups in total. The van der Waals surface area contributed by atoms with Crippen LogP contribution in [0.5, 0.6) is 5.75 Å². The van der Waals surface area contributed by atoms with Gasteiger partial charge < -0.3 is 19.3 Å². The van der Waals surface area contributed by atoms with Crippen molar-refractivity contribution in [1.82, 2.24) is 0 Å². The Balaban J connectivity index is 1.92. The monoisotopic (exact) mass is 276 g/mol. The summed E-state index contributed by atoms with van der Waals surface area (Å²) in [6.45, 7) is 3.37. The van der Waals surface area contributed by atoms with Crippen LogP contribution in [0.25, 0.3) is 0 Å². The van der Waals surface area contributed by atoms with Crippen molar-refractivity contribution in [2.24, 2.45) is 5.92 Å². The number of aliphatic hydroxyl groups excluding tert-OH is 1. The highest BCUT2D eigenvalue weighted by molar-refractivity contribution is 5.47. The van der Waals surface area contributed by atoms with E-state index in [1.807, 2.05) is 6.07 Å². The van der Waals surface area contributed by atoms with Crippen molar-refractivity contribution >= 4 is 0 Å². The molecular formula is C16H20O4. The highest BCUT2D eigenvalue weighted by Gasteiger charge is 2.68. The van der Waals surface area contributed by atoms with Crippen molar-refractivity contribution in [3.63, 3.8) is 0 Å². The molecule has 3 atom stereocenters. The summed E-state index contributed by atoms with van der Waals surface area (Å²) in [6, 6.07) is 6.18. The Morgan fingerprint density at radius 1 is 1.30 bits per heavy atom. The van der Waals surface area contributed by atoms with E-state index >= 15 is 0 Å². The highest BCUT2D eigenvalue weighted by atomic mass is 16.7. The van der Waals surface area contributed by atoms with Gasteiger partial charge in [0.15, 0.2) is 5.79 Å². The van der Waals surface area contributed by atoms with Crippen molar-refractivity contribution in [1.29, 1.82) is 0 Å². The van der Waals surface area contributed by atoms with Crippen LogP contribution in [0.15, 0.2) is 18.2 Å². The second-order valence-electron chi connectivity index (χ2n) is 6.30. The Bertz CT molecular complexity index is 549. The van der Waals surface area contributed by atoms with E-state index in [0.29, 0.717) is 19.6 Å². The normalized spacial score (nSPS) is 37.1. The first-order chi connectivity index (χ1) is 9.61. The number of ether oxygens (including phenoxy) is 3. The molecule has 2 aliphatic carbocycles. The average molecular weight is 276 g/mol. The first-order valence-electron chi connectivity index (χ1n) is 7.24. The molecule has 4 rings (SSSR count). The predicted octanol–water partition coefficient (Wildman–Crippen LogP) is 1.63. The summed E-state index contributed by atoms with van der Waals surface area (Å²) in [5, 5.41) is 10.5. The molecule has 1 spiro atoms. The molecule has 0 amide bonds. The number of benzene rings is 1. The molecule has 3 unspecified atom stereocenters. The van der Waals surface area contributed by atoms with Gasteiger partial charge in [-0.3, -0.25) is 0 Å². The lowest BCUT2D eigenvalue weighted by Gasteiger charge is -2.46. The molecule has 20 heavy (non-hydrogen) atoms. The number of rotatable bonds is 1. The van der Waals surface area contributed by atoms with Gasteiger partial charge in [0.25, 0.3) is 0 Å². The van der Waals surface area contributed by atoms with Crippen molar-refractivity contribution in [3.05, 3.63) is 29.3 Å². The fourth-order valence-corrected chi connectivity index (χ4v) is 4.51. The maximum Gasteiger partial charge on any atom is 0.183 e. The lowest BCUT2D eigenvalue weighted by atomic mass is 9.68. The fourth-order valence-electron chi connectivity index (χ4n) is 4.51. The Hall–Kier alpha value is -1.10. The van der Waals surface area contributed by atoms with Gasteiger partial charge in [-0.05, 0) is 36.1 Å². The topological polar surface area (TPSA) is 47.9 Å². The molecule has 0 aromatic heterocycles. The smallest absolute Gasteiger partial charge is 0.183 e. The Labute approximate surface area is 118 Å². The van der Waals surface area contributed by atoms with Crippen LogP contribution in [0.4, 0.5) is 0 Å². The van der Waals surface area contributed by atoms with Crippen LogP contribution in [0, 0.1) is 5.92 Å². The van der Waals surface area contributed by atoms with Crippen molar-refractivity contribution in [2.45, 2.75) is 37.1 Å². The number of hydrogen-bond donors (Lipinski definition) is 1. The zero-order valence-corrected chi connectivity index (χ0v) is 11.9. The molecule has 1 saturated heterocycles. The summed E-state index contributed by atoms with van der Waals surface area (Å²) in [4.78, 5) is 0. The van der Waals surface area contributed by atoms with Gasteiger partial charge in [0.2, 0.25) is 0 Å². The molecule has 1 aromatic rings. The minimum absolute atomic E-state index is 0.0240. The van der Waals surface area contributed by atoms with Crippen molar-refractivity contribution < 1.29 is 19.3 Å². The SMILES string of the molecule is COc1ccc2c(c1)C1(C)CC(O)C(C2)C12OCCO2. The maximum absolute atomic E-state index is 10.5. The van der Waals surface area contributed by atoms with E-state index in [0.717, 1.165) is 12.2 Å². The average Bonchev–Trinajstić information content (AvgIpc) is 2.97.